The van der Waals surface area contributed by atoms with Crippen molar-refractivity contribution in [3.63, 3.8) is 0 Å². The molecule has 0 spiro atoms. The maximum absolute atomic E-state index is 2.35. The Morgan fingerprint density at radius 1 is 0.324 bits per heavy atom. The minimum absolute atomic E-state index is 0.696. The Labute approximate surface area is 221 Å². The minimum Gasteiger partial charge on any atom is -0.0654 e. The standard InChI is InChI=1S/C32H69P2/c1-5-9-13-17-21-25-29-33-34(30-26-22-18-14-10-6-2,31-27-23-19-15-11-7-3)32-28-24-20-16-12-8-4/h33H,5-32H2,1-4H3/q+1. The summed E-state index contributed by atoms with van der Waals surface area (Å²) in [5.41, 5.74) is 0. The first-order valence-corrected chi connectivity index (χ1v) is 20.7. The smallest absolute Gasteiger partial charge is 0.0614 e. The van der Waals surface area contributed by atoms with E-state index in [1.165, 1.54) is 143 Å². The van der Waals surface area contributed by atoms with Crippen LogP contribution in [0, 0.1) is 0 Å². The minimum atomic E-state index is -0.696. The third-order valence-electron chi connectivity index (χ3n) is 7.80. The molecule has 0 aliphatic rings. The fourth-order valence-corrected chi connectivity index (χ4v) is 14.6. The molecule has 0 saturated carbocycles. The van der Waals surface area contributed by atoms with Crippen LogP contribution in [0.5, 0.6) is 0 Å². The Bertz CT molecular complexity index is 327. The van der Waals surface area contributed by atoms with Crippen molar-refractivity contribution in [1.82, 2.24) is 0 Å². The molecular weight excluding hydrogens is 446 g/mol. The van der Waals surface area contributed by atoms with Crippen molar-refractivity contribution in [3.8, 4) is 0 Å². The summed E-state index contributed by atoms with van der Waals surface area (Å²) < 4.78 is 0. The van der Waals surface area contributed by atoms with Gasteiger partial charge >= 0.3 is 0 Å². The van der Waals surface area contributed by atoms with Crippen LogP contribution in [0.2, 0.25) is 0 Å². The Hall–Kier alpha value is 0.860. The second kappa shape index (κ2) is 28.4. The van der Waals surface area contributed by atoms with Crippen LogP contribution in [-0.4, -0.2) is 24.6 Å². The van der Waals surface area contributed by atoms with E-state index in [1.807, 2.05) is 0 Å². The van der Waals surface area contributed by atoms with Crippen LogP contribution in [0.3, 0.4) is 0 Å². The van der Waals surface area contributed by atoms with Crippen molar-refractivity contribution in [2.75, 3.05) is 24.6 Å². The van der Waals surface area contributed by atoms with Crippen molar-refractivity contribution < 1.29 is 0 Å². The van der Waals surface area contributed by atoms with Crippen LogP contribution in [-0.2, 0) is 0 Å². The molecule has 206 valence electrons. The number of hydrogen-bond acceptors (Lipinski definition) is 0. The van der Waals surface area contributed by atoms with Gasteiger partial charge in [0.25, 0.3) is 0 Å². The van der Waals surface area contributed by atoms with Gasteiger partial charge in [-0.15, -0.1) is 0 Å². The zero-order valence-electron chi connectivity index (χ0n) is 24.7. The van der Waals surface area contributed by atoms with Crippen molar-refractivity contribution in [2.24, 2.45) is 0 Å². The molecule has 0 aromatic rings. The fourth-order valence-electron chi connectivity index (χ4n) is 5.38. The molecule has 0 saturated heterocycles. The van der Waals surface area contributed by atoms with Crippen LogP contribution in [0.4, 0.5) is 0 Å². The molecule has 0 nitrogen and oxygen atoms in total. The predicted octanol–water partition coefficient (Wildman–Crippen LogP) is 13.0. The van der Waals surface area contributed by atoms with E-state index in [-0.39, 0.29) is 0 Å². The quantitative estimate of drug-likeness (QED) is 0.0686. The van der Waals surface area contributed by atoms with Gasteiger partial charge in [0, 0.05) is 21.4 Å². The van der Waals surface area contributed by atoms with Gasteiger partial charge in [-0.3, -0.25) is 0 Å². The van der Waals surface area contributed by atoms with E-state index in [4.69, 9.17) is 0 Å². The lowest BCUT2D eigenvalue weighted by molar-refractivity contribution is 0.617. The molecule has 34 heavy (non-hydrogen) atoms. The van der Waals surface area contributed by atoms with Crippen molar-refractivity contribution >= 4 is 15.2 Å². The van der Waals surface area contributed by atoms with Crippen LogP contribution in [0.1, 0.15) is 182 Å². The SMILES string of the molecule is CCCCCCCCP[P+](CCCCCCCC)(CCCCCCCC)CCCCCCCC. The summed E-state index contributed by atoms with van der Waals surface area (Å²) in [6.07, 6.45) is 42.2. The second-order valence-electron chi connectivity index (χ2n) is 11.3. The molecule has 0 aliphatic carbocycles. The molecule has 0 heterocycles. The molecule has 0 amide bonds. The van der Waals surface area contributed by atoms with Gasteiger partial charge in [0.15, 0.2) is 0 Å². The van der Waals surface area contributed by atoms with Crippen LogP contribution in [0.15, 0.2) is 0 Å². The fraction of sp³-hybridized carbons (Fsp3) is 1.00. The van der Waals surface area contributed by atoms with Crippen LogP contribution < -0.4 is 0 Å². The predicted molar refractivity (Wildman–Crippen MR) is 168 cm³/mol. The highest BCUT2D eigenvalue weighted by Crippen LogP contribution is 2.75. The first-order chi connectivity index (χ1) is 16.7. The molecular formula is C32H69P2+. The van der Waals surface area contributed by atoms with Crippen LogP contribution >= 0.6 is 15.2 Å². The molecule has 0 aliphatic heterocycles. The maximum Gasteiger partial charge on any atom is 0.0614 e. The van der Waals surface area contributed by atoms with Gasteiger partial charge in [-0.2, -0.15) is 0 Å². The van der Waals surface area contributed by atoms with E-state index in [2.05, 4.69) is 27.7 Å². The summed E-state index contributed by atoms with van der Waals surface area (Å²) in [5, 5.41) is 0. The van der Waals surface area contributed by atoms with Crippen molar-refractivity contribution in [1.29, 1.82) is 0 Å². The molecule has 0 fully saturated rings. The molecule has 0 rings (SSSR count). The van der Waals surface area contributed by atoms with E-state index in [1.54, 1.807) is 43.9 Å². The molecule has 0 bridgehead atoms. The van der Waals surface area contributed by atoms with Gasteiger partial charge in [0.05, 0.1) is 18.5 Å². The summed E-state index contributed by atoms with van der Waals surface area (Å²) in [6.45, 7) is 8.69. The molecule has 0 aromatic heterocycles. The summed E-state index contributed by atoms with van der Waals surface area (Å²) in [6, 6.07) is 0. The van der Waals surface area contributed by atoms with Gasteiger partial charge in [-0.1, -0.05) is 137 Å². The van der Waals surface area contributed by atoms with Gasteiger partial charge in [0.1, 0.15) is 0 Å². The molecule has 0 N–H and O–H groups in total. The third kappa shape index (κ3) is 23.3. The Balaban J connectivity index is 4.74. The van der Waals surface area contributed by atoms with E-state index in [0.717, 1.165) is 0 Å². The topological polar surface area (TPSA) is 0 Å². The average molecular weight is 516 g/mol. The lowest BCUT2D eigenvalue weighted by Crippen LogP contribution is -2.06. The highest BCUT2D eigenvalue weighted by molar-refractivity contribution is 8.31. The maximum atomic E-state index is 2.35. The zero-order valence-corrected chi connectivity index (χ0v) is 26.6. The van der Waals surface area contributed by atoms with Gasteiger partial charge < -0.3 is 0 Å². The second-order valence-corrected chi connectivity index (χ2v) is 19.5. The van der Waals surface area contributed by atoms with E-state index in [9.17, 15) is 0 Å². The van der Waals surface area contributed by atoms with Crippen LogP contribution in [0.25, 0.3) is 0 Å². The molecule has 0 aromatic carbocycles. The van der Waals surface area contributed by atoms with Crippen molar-refractivity contribution in [2.45, 2.75) is 182 Å². The number of hydrogen-bond donors (Lipinski definition) is 0. The van der Waals surface area contributed by atoms with Gasteiger partial charge in [0.2, 0.25) is 0 Å². The monoisotopic (exact) mass is 515 g/mol. The Morgan fingerprint density at radius 3 is 0.912 bits per heavy atom. The van der Waals surface area contributed by atoms with E-state index < -0.39 is 6.95 Å². The normalized spacial score (nSPS) is 12.4. The lowest BCUT2D eigenvalue weighted by Gasteiger charge is -2.28. The van der Waals surface area contributed by atoms with E-state index >= 15 is 0 Å². The first kappa shape index (κ1) is 34.9. The lowest BCUT2D eigenvalue weighted by atomic mass is 10.1. The number of rotatable bonds is 29. The summed E-state index contributed by atoms with van der Waals surface area (Å²) in [5.74, 6) is 0. The average Bonchev–Trinajstić information content (AvgIpc) is 2.85. The number of unbranched alkanes of at least 4 members (excludes halogenated alkanes) is 20. The summed E-state index contributed by atoms with van der Waals surface area (Å²) in [4.78, 5) is 0. The first-order valence-electron chi connectivity index (χ1n) is 16.4. The van der Waals surface area contributed by atoms with Gasteiger partial charge in [-0.05, 0) is 44.9 Å². The molecule has 1 unspecified atom stereocenters. The van der Waals surface area contributed by atoms with Gasteiger partial charge in [-0.25, -0.2) is 0 Å². The van der Waals surface area contributed by atoms with E-state index in [0.29, 0.717) is 0 Å². The highest BCUT2D eigenvalue weighted by Gasteiger charge is 2.35. The zero-order chi connectivity index (χ0) is 25.0. The third-order valence-corrected chi connectivity index (χ3v) is 17.3. The highest BCUT2D eigenvalue weighted by atomic mass is 32.1. The molecule has 2 heteroatoms. The Morgan fingerprint density at radius 2 is 0.588 bits per heavy atom. The summed E-state index contributed by atoms with van der Waals surface area (Å²) in [7, 11) is 1.35. The molecule has 1 atom stereocenters. The largest absolute Gasteiger partial charge is 0.0654 e. The summed E-state index contributed by atoms with van der Waals surface area (Å²) >= 11 is 0. The molecule has 0 radical (unpaired) electrons. The Kier molecular flexibility index (Phi) is 29.2. The van der Waals surface area contributed by atoms with Crippen molar-refractivity contribution in [3.05, 3.63) is 0 Å².